The fourth-order valence-corrected chi connectivity index (χ4v) is 4.20. The second kappa shape index (κ2) is 7.73. The topological polar surface area (TPSA) is 48.3 Å². The van der Waals surface area contributed by atoms with E-state index in [4.69, 9.17) is 14.6 Å². The summed E-state index contributed by atoms with van der Waals surface area (Å²) in [4.78, 5) is 1.32. The van der Waals surface area contributed by atoms with Gasteiger partial charge in [0.05, 0.1) is 11.4 Å². The molecule has 2 aromatic heterocycles. The van der Waals surface area contributed by atoms with Crippen LogP contribution in [0.2, 0.25) is 0 Å². The van der Waals surface area contributed by atoms with Gasteiger partial charge in [-0.1, -0.05) is 24.3 Å². The number of para-hydroxylation sites is 1. The first-order valence-electron chi connectivity index (χ1n) is 9.59. The highest BCUT2D eigenvalue weighted by atomic mass is 32.1. The van der Waals surface area contributed by atoms with Crippen LogP contribution in [0.3, 0.4) is 0 Å². The molecule has 0 aliphatic carbocycles. The highest BCUT2D eigenvalue weighted by Crippen LogP contribution is 2.36. The maximum atomic E-state index is 5.57. The Morgan fingerprint density at radius 1 is 1.07 bits per heavy atom. The second-order valence-electron chi connectivity index (χ2n) is 6.97. The van der Waals surface area contributed by atoms with Gasteiger partial charge in [0.15, 0.2) is 11.5 Å². The van der Waals surface area contributed by atoms with Crippen LogP contribution in [0.25, 0.3) is 16.9 Å². The Labute approximate surface area is 173 Å². The molecule has 0 saturated carbocycles. The zero-order chi connectivity index (χ0) is 19.6. The van der Waals surface area contributed by atoms with E-state index in [1.165, 1.54) is 4.88 Å². The molecule has 29 heavy (non-hydrogen) atoms. The van der Waals surface area contributed by atoms with Crippen molar-refractivity contribution in [1.82, 2.24) is 15.1 Å². The zero-order valence-corrected chi connectivity index (χ0v) is 16.9. The van der Waals surface area contributed by atoms with E-state index in [9.17, 15) is 0 Å². The van der Waals surface area contributed by atoms with Crippen molar-refractivity contribution in [2.75, 3.05) is 6.79 Å². The number of nitrogens with zero attached hydrogens (tertiary/aromatic N) is 2. The number of hydrogen-bond donors (Lipinski definition) is 1. The fraction of sp³-hybridized carbons (Fsp3) is 0.174. The number of aromatic nitrogens is 2. The third kappa shape index (κ3) is 3.64. The minimum atomic E-state index is 0.268. The molecule has 2 aromatic carbocycles. The predicted molar refractivity (Wildman–Crippen MR) is 115 cm³/mol. The van der Waals surface area contributed by atoms with Crippen LogP contribution in [0.15, 0.2) is 72.2 Å². The largest absolute Gasteiger partial charge is 0.454 e. The zero-order valence-electron chi connectivity index (χ0n) is 16.0. The number of ether oxygens (including phenoxy) is 2. The van der Waals surface area contributed by atoms with Crippen molar-refractivity contribution in [3.8, 4) is 28.4 Å². The molecule has 3 heterocycles. The molecule has 1 unspecified atom stereocenters. The van der Waals surface area contributed by atoms with Gasteiger partial charge in [-0.05, 0) is 48.7 Å². The van der Waals surface area contributed by atoms with Crippen LogP contribution < -0.4 is 14.8 Å². The molecule has 0 spiro atoms. The SMILES string of the molecule is CC(NCc1cn(-c2ccccc2)nc1-c1ccc2c(c1)OCO2)c1cccs1. The van der Waals surface area contributed by atoms with Crippen LogP contribution in [0, 0.1) is 0 Å². The number of thiophene rings is 1. The van der Waals surface area contributed by atoms with Crippen molar-refractivity contribution in [1.29, 1.82) is 0 Å². The van der Waals surface area contributed by atoms with Gasteiger partial charge in [-0.25, -0.2) is 4.68 Å². The molecular weight excluding hydrogens is 382 g/mol. The van der Waals surface area contributed by atoms with Gasteiger partial charge < -0.3 is 14.8 Å². The third-order valence-corrected chi connectivity index (χ3v) is 6.08. The van der Waals surface area contributed by atoms with E-state index in [1.807, 2.05) is 41.1 Å². The summed E-state index contributed by atoms with van der Waals surface area (Å²) in [7, 11) is 0. The molecule has 1 atom stereocenters. The van der Waals surface area contributed by atoms with Gasteiger partial charge >= 0.3 is 0 Å². The van der Waals surface area contributed by atoms with Crippen molar-refractivity contribution in [2.24, 2.45) is 0 Å². The normalized spacial score (nSPS) is 13.6. The lowest BCUT2D eigenvalue weighted by Gasteiger charge is -2.12. The molecule has 4 aromatic rings. The van der Waals surface area contributed by atoms with Crippen LogP contribution in [-0.2, 0) is 6.54 Å². The molecule has 146 valence electrons. The van der Waals surface area contributed by atoms with Gasteiger partial charge in [-0.15, -0.1) is 11.3 Å². The van der Waals surface area contributed by atoms with E-state index in [1.54, 1.807) is 11.3 Å². The van der Waals surface area contributed by atoms with Gasteiger partial charge in [0, 0.05) is 34.8 Å². The number of fused-ring (bicyclic) bond motifs is 1. The third-order valence-electron chi connectivity index (χ3n) is 5.03. The van der Waals surface area contributed by atoms with Crippen molar-refractivity contribution >= 4 is 11.3 Å². The predicted octanol–water partition coefficient (Wildman–Crippen LogP) is 5.18. The van der Waals surface area contributed by atoms with Gasteiger partial charge in [-0.3, -0.25) is 0 Å². The maximum Gasteiger partial charge on any atom is 0.231 e. The Kier molecular flexibility index (Phi) is 4.79. The molecule has 0 radical (unpaired) electrons. The highest BCUT2D eigenvalue weighted by molar-refractivity contribution is 7.10. The van der Waals surface area contributed by atoms with Crippen LogP contribution >= 0.6 is 11.3 Å². The van der Waals surface area contributed by atoms with Crippen molar-refractivity contribution < 1.29 is 9.47 Å². The Morgan fingerprint density at radius 3 is 2.76 bits per heavy atom. The molecular formula is C23H21N3O2S. The van der Waals surface area contributed by atoms with Gasteiger partial charge in [0.1, 0.15) is 0 Å². The first-order valence-corrected chi connectivity index (χ1v) is 10.5. The second-order valence-corrected chi connectivity index (χ2v) is 7.95. The van der Waals surface area contributed by atoms with Gasteiger partial charge in [-0.2, -0.15) is 5.10 Å². The van der Waals surface area contributed by atoms with Crippen LogP contribution in [0.5, 0.6) is 11.5 Å². The quantitative estimate of drug-likeness (QED) is 0.482. The van der Waals surface area contributed by atoms with E-state index in [-0.39, 0.29) is 12.8 Å². The lowest BCUT2D eigenvalue weighted by atomic mass is 10.1. The lowest BCUT2D eigenvalue weighted by molar-refractivity contribution is 0.174. The van der Waals surface area contributed by atoms with Gasteiger partial charge in [0.25, 0.3) is 0 Å². The van der Waals surface area contributed by atoms with Crippen molar-refractivity contribution in [3.05, 3.63) is 82.7 Å². The lowest BCUT2D eigenvalue weighted by Crippen LogP contribution is -2.17. The van der Waals surface area contributed by atoms with Gasteiger partial charge in [0.2, 0.25) is 6.79 Å². The number of nitrogens with one attached hydrogen (secondary N) is 1. The number of benzene rings is 2. The monoisotopic (exact) mass is 403 g/mol. The van der Waals surface area contributed by atoms with Crippen molar-refractivity contribution in [3.63, 3.8) is 0 Å². The average Bonchev–Trinajstić information content (AvgIpc) is 3.52. The first-order chi connectivity index (χ1) is 14.3. The summed E-state index contributed by atoms with van der Waals surface area (Å²) in [6.45, 7) is 3.17. The van der Waals surface area contributed by atoms with E-state index in [2.05, 4.69) is 48.1 Å². The first kappa shape index (κ1) is 18.0. The summed E-state index contributed by atoms with van der Waals surface area (Å²) in [6.07, 6.45) is 2.10. The van der Waals surface area contributed by atoms with E-state index >= 15 is 0 Å². The molecule has 0 bridgehead atoms. The highest BCUT2D eigenvalue weighted by Gasteiger charge is 2.18. The minimum absolute atomic E-state index is 0.268. The summed E-state index contributed by atoms with van der Waals surface area (Å²) in [5.74, 6) is 1.55. The Morgan fingerprint density at radius 2 is 1.93 bits per heavy atom. The average molecular weight is 404 g/mol. The summed E-state index contributed by atoms with van der Waals surface area (Å²) < 4.78 is 13.0. The molecule has 0 saturated heterocycles. The van der Waals surface area contributed by atoms with E-state index < -0.39 is 0 Å². The Bertz CT molecular complexity index is 1110. The van der Waals surface area contributed by atoms with Crippen molar-refractivity contribution in [2.45, 2.75) is 19.5 Å². The molecule has 1 aliphatic heterocycles. The number of rotatable bonds is 6. The smallest absolute Gasteiger partial charge is 0.231 e. The molecule has 0 amide bonds. The van der Waals surface area contributed by atoms with E-state index in [0.29, 0.717) is 0 Å². The van der Waals surface area contributed by atoms with Crippen LogP contribution in [0.1, 0.15) is 23.4 Å². The van der Waals surface area contributed by atoms with Crippen LogP contribution in [0.4, 0.5) is 0 Å². The molecule has 6 heteroatoms. The Hall–Kier alpha value is -3.09. The maximum absolute atomic E-state index is 5.57. The molecule has 1 aliphatic rings. The molecule has 1 N–H and O–H groups in total. The minimum Gasteiger partial charge on any atom is -0.454 e. The summed E-state index contributed by atoms with van der Waals surface area (Å²) in [5, 5.41) is 10.6. The number of hydrogen-bond acceptors (Lipinski definition) is 5. The fourth-order valence-electron chi connectivity index (χ4n) is 3.44. The molecule has 0 fully saturated rings. The van der Waals surface area contributed by atoms with E-state index in [0.717, 1.165) is 40.6 Å². The molecule has 5 rings (SSSR count). The Balaban J connectivity index is 1.49. The summed E-state index contributed by atoms with van der Waals surface area (Å²) in [6, 6.07) is 20.7. The van der Waals surface area contributed by atoms with Crippen LogP contribution in [-0.4, -0.2) is 16.6 Å². The summed E-state index contributed by atoms with van der Waals surface area (Å²) in [5.41, 5.74) is 4.13. The molecule has 5 nitrogen and oxygen atoms in total. The standard InChI is InChI=1S/C23H21N3O2S/c1-16(22-8-5-11-29-22)24-13-18-14-26(19-6-3-2-4-7-19)25-23(18)17-9-10-20-21(12-17)28-15-27-20/h2-12,14,16,24H,13,15H2,1H3. The summed E-state index contributed by atoms with van der Waals surface area (Å²) >= 11 is 1.77.